The van der Waals surface area contributed by atoms with Crippen molar-refractivity contribution in [3.8, 4) is 5.75 Å². The number of sulfonamides is 1. The van der Waals surface area contributed by atoms with Crippen LogP contribution < -0.4 is 14.8 Å². The van der Waals surface area contributed by atoms with E-state index in [0.29, 0.717) is 12.0 Å². The molecule has 0 bridgehead atoms. The topological polar surface area (TPSA) is 159 Å². The normalized spacial score (nSPS) is 11.9. The Morgan fingerprint density at radius 1 is 0.865 bits per heavy atom. The van der Waals surface area contributed by atoms with E-state index in [0.717, 1.165) is 5.56 Å². The number of aliphatic carboxylic acids is 1. The van der Waals surface area contributed by atoms with Gasteiger partial charge in [0.15, 0.2) is 6.61 Å². The van der Waals surface area contributed by atoms with Gasteiger partial charge in [0, 0.05) is 6.54 Å². The Balaban J connectivity index is 1.82. The number of hydrogen-bond donors (Lipinski definition) is 4. The van der Waals surface area contributed by atoms with E-state index in [4.69, 9.17) is 9.84 Å². The van der Waals surface area contributed by atoms with Gasteiger partial charge in [0.2, 0.25) is 15.9 Å². The monoisotopic (exact) mass is 526 g/mol. The summed E-state index contributed by atoms with van der Waals surface area (Å²) in [6.07, 6.45) is 0.367. The molecular weight excluding hydrogens is 500 g/mol. The minimum atomic E-state index is -4.07. The molecule has 0 unspecified atom stereocenters. The lowest BCUT2D eigenvalue weighted by Crippen LogP contribution is -2.48. The Bertz CT molecular complexity index is 1350. The lowest BCUT2D eigenvalue weighted by molar-refractivity contribution is -0.139. The van der Waals surface area contributed by atoms with Gasteiger partial charge >= 0.3 is 11.9 Å². The number of carbonyl (C=O) groups is 3. The molecule has 0 spiro atoms. The lowest BCUT2D eigenvalue weighted by atomic mass is 10.0. The van der Waals surface area contributed by atoms with Crippen LogP contribution in [0.2, 0.25) is 0 Å². The van der Waals surface area contributed by atoms with Crippen LogP contribution in [0.3, 0.4) is 0 Å². The summed E-state index contributed by atoms with van der Waals surface area (Å²) >= 11 is 0. The van der Waals surface area contributed by atoms with Crippen molar-refractivity contribution in [1.29, 1.82) is 0 Å². The molecule has 3 rings (SSSR count). The standard InChI is InChI=1S/C26H26N2O8S/c29-24(30)17-36-23-12-11-19(15-21(23)26(32)33)16-22(28-37(34,35)20-9-5-2-6-10-20)25(31)27-14-13-18-7-3-1-4-8-18/h1-12,15,22,28H,13-14,16-17H2,(H,27,31)(H,29,30)(H,32,33)/t22-/m0/s1. The highest BCUT2D eigenvalue weighted by Crippen LogP contribution is 2.22. The molecular formula is C26H26N2O8S. The van der Waals surface area contributed by atoms with Crippen LogP contribution in [-0.4, -0.2) is 55.7 Å². The quantitative estimate of drug-likeness (QED) is 0.263. The van der Waals surface area contributed by atoms with Gasteiger partial charge in [-0.3, -0.25) is 4.79 Å². The number of rotatable bonds is 13. The van der Waals surface area contributed by atoms with Gasteiger partial charge in [0.05, 0.1) is 4.90 Å². The molecule has 4 N–H and O–H groups in total. The van der Waals surface area contributed by atoms with Gasteiger partial charge in [-0.25, -0.2) is 18.0 Å². The number of aromatic carboxylic acids is 1. The Morgan fingerprint density at radius 3 is 2.14 bits per heavy atom. The van der Waals surface area contributed by atoms with E-state index in [1.54, 1.807) is 18.2 Å². The van der Waals surface area contributed by atoms with Gasteiger partial charge in [0.1, 0.15) is 17.4 Å². The maximum atomic E-state index is 13.1. The van der Waals surface area contributed by atoms with Gasteiger partial charge in [-0.05, 0) is 48.2 Å². The van der Waals surface area contributed by atoms with Crippen molar-refractivity contribution in [2.75, 3.05) is 13.2 Å². The highest BCUT2D eigenvalue weighted by Gasteiger charge is 2.26. The van der Waals surface area contributed by atoms with Crippen LogP contribution in [0.1, 0.15) is 21.5 Å². The fraction of sp³-hybridized carbons (Fsp3) is 0.192. The molecule has 0 fully saturated rings. The summed E-state index contributed by atoms with van der Waals surface area (Å²) in [4.78, 5) is 35.5. The van der Waals surface area contributed by atoms with E-state index >= 15 is 0 Å². The average Bonchev–Trinajstić information content (AvgIpc) is 2.88. The zero-order chi connectivity index (χ0) is 26.8. The summed E-state index contributed by atoms with van der Waals surface area (Å²) in [7, 11) is -4.07. The molecule has 0 aliphatic heterocycles. The zero-order valence-corrected chi connectivity index (χ0v) is 20.5. The number of hydrogen-bond acceptors (Lipinski definition) is 6. The third kappa shape index (κ3) is 8.16. The second-order valence-corrected chi connectivity index (χ2v) is 9.75. The molecule has 0 saturated heterocycles. The summed E-state index contributed by atoms with van der Waals surface area (Å²) in [5.74, 6) is -3.38. The Labute approximate surface area is 214 Å². The molecule has 0 aliphatic rings. The molecule has 3 aromatic carbocycles. The highest BCUT2D eigenvalue weighted by atomic mass is 32.2. The fourth-order valence-electron chi connectivity index (χ4n) is 3.51. The number of nitrogens with one attached hydrogen (secondary N) is 2. The second kappa shape index (κ2) is 12.7. The van der Waals surface area contributed by atoms with Crippen LogP contribution in [0.5, 0.6) is 5.75 Å². The van der Waals surface area contributed by atoms with E-state index in [1.807, 2.05) is 30.3 Å². The Hall–Kier alpha value is -4.22. The summed E-state index contributed by atoms with van der Waals surface area (Å²) in [5, 5.41) is 21.1. The first-order valence-corrected chi connectivity index (χ1v) is 12.7. The minimum Gasteiger partial charge on any atom is -0.481 e. The summed E-state index contributed by atoms with van der Waals surface area (Å²) < 4.78 is 33.3. The molecule has 1 amide bonds. The van der Waals surface area contributed by atoms with Crippen LogP contribution in [-0.2, 0) is 32.5 Å². The van der Waals surface area contributed by atoms with Crippen molar-refractivity contribution in [2.45, 2.75) is 23.8 Å². The molecule has 0 heterocycles. The third-order valence-corrected chi connectivity index (χ3v) is 6.78. The third-order valence-electron chi connectivity index (χ3n) is 5.29. The van der Waals surface area contributed by atoms with E-state index in [9.17, 15) is 27.9 Å². The lowest BCUT2D eigenvalue weighted by Gasteiger charge is -2.19. The summed E-state index contributed by atoms with van der Waals surface area (Å²) in [6.45, 7) is -0.475. The number of carboxylic acids is 2. The van der Waals surface area contributed by atoms with Crippen LogP contribution in [0, 0.1) is 0 Å². The van der Waals surface area contributed by atoms with E-state index in [2.05, 4.69) is 10.0 Å². The van der Waals surface area contributed by atoms with Crippen LogP contribution in [0.4, 0.5) is 0 Å². The molecule has 3 aromatic rings. The van der Waals surface area contributed by atoms with E-state index in [1.165, 1.54) is 30.3 Å². The molecule has 194 valence electrons. The van der Waals surface area contributed by atoms with Gasteiger partial charge in [-0.15, -0.1) is 0 Å². The van der Waals surface area contributed by atoms with Gasteiger partial charge in [0.25, 0.3) is 0 Å². The van der Waals surface area contributed by atoms with Crippen molar-refractivity contribution < 1.29 is 37.8 Å². The maximum absolute atomic E-state index is 13.1. The Kier molecular flexibility index (Phi) is 9.36. The zero-order valence-electron chi connectivity index (χ0n) is 19.7. The molecule has 0 aliphatic carbocycles. The van der Waals surface area contributed by atoms with Crippen LogP contribution in [0.15, 0.2) is 83.8 Å². The van der Waals surface area contributed by atoms with Crippen LogP contribution in [0.25, 0.3) is 0 Å². The minimum absolute atomic E-state index is 0.0271. The maximum Gasteiger partial charge on any atom is 0.341 e. The molecule has 37 heavy (non-hydrogen) atoms. The summed E-state index contributed by atoms with van der Waals surface area (Å²) in [5.41, 5.74) is 1.01. The largest absolute Gasteiger partial charge is 0.481 e. The molecule has 11 heteroatoms. The first kappa shape index (κ1) is 27.4. The van der Waals surface area contributed by atoms with Gasteiger partial charge in [-0.1, -0.05) is 54.6 Å². The molecule has 10 nitrogen and oxygen atoms in total. The van der Waals surface area contributed by atoms with Crippen molar-refractivity contribution >= 4 is 27.9 Å². The van der Waals surface area contributed by atoms with Gasteiger partial charge in [-0.2, -0.15) is 4.72 Å². The first-order chi connectivity index (χ1) is 17.7. The van der Waals surface area contributed by atoms with Crippen molar-refractivity contribution in [3.05, 3.63) is 95.6 Å². The predicted octanol–water partition coefficient (Wildman–Crippen LogP) is 2.10. The molecule has 1 atom stereocenters. The number of carbonyl (C=O) groups excluding carboxylic acids is 1. The Morgan fingerprint density at radius 2 is 1.51 bits per heavy atom. The van der Waals surface area contributed by atoms with Crippen LogP contribution >= 0.6 is 0 Å². The molecule has 0 radical (unpaired) electrons. The number of carboxylic acid groups (broad SMARTS) is 2. The van der Waals surface area contributed by atoms with Crippen molar-refractivity contribution in [1.82, 2.24) is 10.0 Å². The molecule has 0 aromatic heterocycles. The molecule has 0 saturated carbocycles. The van der Waals surface area contributed by atoms with E-state index in [-0.39, 0.29) is 29.2 Å². The van der Waals surface area contributed by atoms with E-state index < -0.39 is 40.5 Å². The van der Waals surface area contributed by atoms with Gasteiger partial charge < -0.3 is 20.3 Å². The first-order valence-electron chi connectivity index (χ1n) is 11.3. The number of benzene rings is 3. The highest BCUT2D eigenvalue weighted by molar-refractivity contribution is 7.89. The smallest absolute Gasteiger partial charge is 0.341 e. The van der Waals surface area contributed by atoms with Crippen molar-refractivity contribution in [2.24, 2.45) is 0 Å². The summed E-state index contributed by atoms with van der Waals surface area (Å²) in [6, 6.07) is 19.7. The number of ether oxygens (including phenoxy) is 1. The predicted molar refractivity (Wildman–Crippen MR) is 134 cm³/mol. The fourth-order valence-corrected chi connectivity index (χ4v) is 4.73. The SMILES string of the molecule is O=C(O)COc1ccc(C[C@H](NS(=O)(=O)c2ccccc2)C(=O)NCCc2ccccc2)cc1C(=O)O. The van der Waals surface area contributed by atoms with Crippen molar-refractivity contribution in [3.63, 3.8) is 0 Å². The average molecular weight is 527 g/mol. The number of amides is 1. The second-order valence-electron chi connectivity index (χ2n) is 8.04.